The van der Waals surface area contributed by atoms with E-state index in [2.05, 4.69) is 6.07 Å². The molecule has 0 atom stereocenters. The van der Waals surface area contributed by atoms with E-state index in [4.69, 9.17) is 50.5 Å². The van der Waals surface area contributed by atoms with E-state index in [9.17, 15) is 78.6 Å². The molecule has 0 saturated heterocycles. The van der Waals surface area contributed by atoms with E-state index in [1.807, 2.05) is 87.5 Å². The summed E-state index contributed by atoms with van der Waals surface area (Å²) in [5.41, 5.74) is 6.50. The fourth-order valence-electron chi connectivity index (χ4n) is 14.1. The zero-order valence-corrected chi connectivity index (χ0v) is 77.3. The average molecular weight is 2050 g/mol. The summed E-state index contributed by atoms with van der Waals surface area (Å²) in [7, 11) is -21.7. The summed E-state index contributed by atoms with van der Waals surface area (Å²) in [5.74, 6) is -41.8. The van der Waals surface area contributed by atoms with Gasteiger partial charge in [-0.3, -0.25) is 4.55 Å². The molecular weight excluding hydrogens is 1990 g/mol. The van der Waals surface area contributed by atoms with Crippen LogP contribution in [0.25, 0.3) is 44.5 Å². The summed E-state index contributed by atoms with van der Waals surface area (Å²) in [6.45, 7) is 8.69. The van der Waals surface area contributed by atoms with Crippen LogP contribution in [0.1, 0.15) is 38.9 Å². The number of sulfone groups is 3. The molecule has 15 aromatic carbocycles. The normalized spacial score (nSPS) is 11.5. The van der Waals surface area contributed by atoms with Gasteiger partial charge in [0.2, 0.25) is 64.3 Å². The molecule has 21 nitrogen and oxygen atoms in total. The van der Waals surface area contributed by atoms with Crippen molar-refractivity contribution in [3.63, 3.8) is 0 Å². The minimum Gasteiger partial charge on any atom is -0.496 e. The van der Waals surface area contributed by atoms with Crippen LogP contribution < -0.4 is 37.9 Å². The standard InChI is InChI=1S/C57H25F16NO8S2.C42H38O9S2.O3S/c1-23-36(58)44(66)54(45(67)37(23)59)83(75,76)56-48(70)40(62)52(41(63)49(56)71)81-31-18-10-27(11-19-31)25-6-14-29(15-7-25)79-34-4-3-5-35(33(34)22-74)80-30-16-8-26(9-17-30)28-12-20-32(21-13-28)82-53-42(64)50(72)57(51(73)43(53)65)84(77,78)55-46(68)38(60)24(2)39(61)47(55)69;1-26-21-30(7-16-37(26)48-5)32-9-18-39(28(3)23-32)50-34-11-13-35(14-12-34)52(43,44)36-15-20-41(42(25-36)53(45,46)47)51-40-19-10-33(24-29(40)4)31-8-17-38(49-6)27(2)22-31;1-4(2)3/h3-21H,1-2H3;7-25H,1-6H3,(H,45,46,47);. The Morgan fingerprint density at radius 3 is 0.787 bits per heavy atom. The molecule has 726 valence electrons. The molecule has 0 spiro atoms. The highest BCUT2D eigenvalue weighted by Gasteiger charge is 2.44. The van der Waals surface area contributed by atoms with Gasteiger partial charge in [-0.1, -0.05) is 78.9 Å². The minimum absolute atomic E-state index is 0.0334. The third-order valence-electron chi connectivity index (χ3n) is 21.3. The van der Waals surface area contributed by atoms with Crippen LogP contribution in [0.4, 0.5) is 70.2 Å². The molecule has 0 fully saturated rings. The first-order valence-electron chi connectivity index (χ1n) is 40.2. The SMILES string of the molecule is COc1ccc(-c2ccc(Oc3ccc(S(=O)(=O)c4ccc(Oc5ccc(-c6ccc(OC)c(C)c6)cc5C)c(S(=O)(=O)O)c4)cc3)c(C)c2)cc1C.Cc1c(F)c(F)c(S(=O)(=O)c2c(F)c(F)c(Oc3ccc(-c4ccc(Oc5cccc(Oc6ccc(-c7ccc(Oc8c(F)c(F)c(S(=O)(=O)c9c(F)c(F)c(C)c(F)c9F)c(F)c8F)cc7)cc6)c5C#N)cc4)cc3)c(F)c2F)c(F)c1F.O=S(=O)=O. The summed E-state index contributed by atoms with van der Waals surface area (Å²) in [5, 5.41) is 10.1. The van der Waals surface area contributed by atoms with Crippen molar-refractivity contribution in [2.45, 2.75) is 75.8 Å². The van der Waals surface area contributed by atoms with Gasteiger partial charge in [-0.25, -0.2) is 77.9 Å². The molecule has 15 rings (SSSR count). The molecule has 0 aliphatic heterocycles. The van der Waals surface area contributed by atoms with Gasteiger partial charge in [0.15, 0.2) is 69.8 Å². The number of halogens is 16. The maximum Gasteiger partial charge on any atom is 0.425 e. The van der Waals surface area contributed by atoms with E-state index in [0.29, 0.717) is 58.9 Å². The van der Waals surface area contributed by atoms with E-state index in [0.717, 1.165) is 80.8 Å². The second-order valence-electron chi connectivity index (χ2n) is 30.3. The molecule has 0 unspecified atom stereocenters. The number of rotatable bonds is 25. The number of hydrogen-bond acceptors (Lipinski definition) is 20. The molecule has 0 aliphatic carbocycles. The quantitative estimate of drug-likeness (QED) is 0.0316. The molecule has 141 heavy (non-hydrogen) atoms. The zero-order chi connectivity index (χ0) is 103. The van der Waals surface area contributed by atoms with Gasteiger partial charge in [-0.15, -0.1) is 12.6 Å². The van der Waals surface area contributed by atoms with Gasteiger partial charge >= 0.3 is 10.6 Å². The largest absolute Gasteiger partial charge is 0.496 e. The van der Waals surface area contributed by atoms with Gasteiger partial charge in [-0.2, -0.15) is 31.2 Å². The van der Waals surface area contributed by atoms with Crippen molar-refractivity contribution in [1.82, 2.24) is 0 Å². The molecule has 1 N–H and O–H groups in total. The maximum absolute atomic E-state index is 15.2. The maximum atomic E-state index is 15.2. The third-order valence-corrected chi connectivity index (χ3v) is 27.5. The monoisotopic (exact) mass is 2050 g/mol. The lowest BCUT2D eigenvalue weighted by molar-refractivity contribution is 0.350. The molecule has 42 heteroatoms. The Kier molecular flexibility index (Phi) is 30.1. The van der Waals surface area contributed by atoms with Crippen molar-refractivity contribution in [3.05, 3.63) is 363 Å². The fourth-order valence-corrected chi connectivity index (χ4v) is 19.1. The molecule has 0 saturated carbocycles. The van der Waals surface area contributed by atoms with Crippen molar-refractivity contribution in [1.29, 1.82) is 5.26 Å². The molecule has 15 aromatic rings. The highest BCUT2D eigenvalue weighted by molar-refractivity contribution is 7.92. The van der Waals surface area contributed by atoms with Gasteiger partial charge < -0.3 is 37.9 Å². The minimum atomic E-state index is -6.36. The van der Waals surface area contributed by atoms with Crippen molar-refractivity contribution >= 4 is 50.2 Å². The molecule has 0 bridgehead atoms. The Balaban J connectivity index is 0.000000251. The van der Waals surface area contributed by atoms with Crippen molar-refractivity contribution in [3.8, 4) is 131 Å². The molecule has 0 aliphatic rings. The van der Waals surface area contributed by atoms with Crippen LogP contribution in [-0.4, -0.2) is 65.1 Å². The molecular formula is C99H63F16NO20S5. The lowest BCUT2D eigenvalue weighted by Gasteiger charge is -2.15. The highest BCUT2D eigenvalue weighted by Crippen LogP contribution is 2.46. The van der Waals surface area contributed by atoms with E-state index in [1.165, 1.54) is 127 Å². The van der Waals surface area contributed by atoms with Gasteiger partial charge in [0.25, 0.3) is 10.1 Å². The van der Waals surface area contributed by atoms with Gasteiger partial charge in [-0.05, 0) is 260 Å². The second-order valence-corrected chi connectivity index (χ2v) is 37.7. The van der Waals surface area contributed by atoms with Crippen LogP contribution in [0.15, 0.2) is 265 Å². The number of methoxy groups -OCH3 is 2. The van der Waals surface area contributed by atoms with Crippen molar-refractivity contribution in [2.75, 3.05) is 14.2 Å². The van der Waals surface area contributed by atoms with Crippen LogP contribution >= 0.6 is 0 Å². The summed E-state index contributed by atoms with van der Waals surface area (Å²) >= 11 is 0. The number of benzene rings is 15. The van der Waals surface area contributed by atoms with E-state index in [1.54, 1.807) is 27.2 Å². The van der Waals surface area contributed by atoms with Crippen molar-refractivity contribution < 1.29 is 159 Å². The number of aryl methyl sites for hydroxylation is 4. The van der Waals surface area contributed by atoms with E-state index >= 15 is 35.1 Å². The predicted molar refractivity (Wildman–Crippen MR) is 474 cm³/mol. The zero-order valence-electron chi connectivity index (χ0n) is 73.2. The predicted octanol–water partition coefficient (Wildman–Crippen LogP) is 25.5. The lowest BCUT2D eigenvalue weighted by atomic mass is 10.0. The van der Waals surface area contributed by atoms with Crippen LogP contribution in [0, 0.1) is 146 Å². The van der Waals surface area contributed by atoms with Crippen LogP contribution in [0.5, 0.6) is 80.5 Å². The van der Waals surface area contributed by atoms with E-state index < -0.39 is 202 Å². The van der Waals surface area contributed by atoms with Crippen LogP contribution in [0.3, 0.4) is 0 Å². The second kappa shape index (κ2) is 41.2. The Morgan fingerprint density at radius 1 is 0.270 bits per heavy atom. The first-order chi connectivity index (χ1) is 66.5. The number of ether oxygens (including phenoxy) is 8. The Labute approximate surface area is 793 Å². The van der Waals surface area contributed by atoms with Crippen LogP contribution in [0.2, 0.25) is 0 Å². The highest BCUT2D eigenvalue weighted by atomic mass is 32.2. The first kappa shape index (κ1) is 103. The topological polar surface area (TPSA) is 306 Å². The number of nitrogens with zero attached hydrogens (tertiary/aromatic N) is 1. The summed E-state index contributed by atoms with van der Waals surface area (Å²) in [6.07, 6.45) is 0. The Bertz CT molecular complexity index is 7840. The molecule has 0 amide bonds. The summed E-state index contributed by atoms with van der Waals surface area (Å²) < 4.78 is 420. The molecule has 0 radical (unpaired) electrons. The Hall–Kier alpha value is -15.6. The van der Waals surface area contributed by atoms with Crippen molar-refractivity contribution in [2.24, 2.45) is 0 Å². The Morgan fingerprint density at radius 2 is 0.511 bits per heavy atom. The molecule has 0 heterocycles. The van der Waals surface area contributed by atoms with Crippen LogP contribution in [-0.2, 0) is 50.2 Å². The number of hydrogen-bond donors (Lipinski definition) is 1. The average Bonchev–Trinajstić information content (AvgIpc) is 0.730. The number of nitriles is 1. The summed E-state index contributed by atoms with van der Waals surface area (Å²) in [6, 6.07) is 60.2. The fraction of sp³-hybridized carbons (Fsp3) is 0.0808. The molecule has 0 aromatic heterocycles. The summed E-state index contributed by atoms with van der Waals surface area (Å²) in [4.78, 5) is -11.4. The van der Waals surface area contributed by atoms with Gasteiger partial charge in [0, 0.05) is 11.1 Å². The smallest absolute Gasteiger partial charge is 0.425 e. The lowest BCUT2D eigenvalue weighted by Crippen LogP contribution is -2.17. The third kappa shape index (κ3) is 21.1. The first-order valence-corrected chi connectivity index (χ1v) is 47.0. The van der Waals surface area contributed by atoms with Gasteiger partial charge in [0.1, 0.15) is 105 Å². The van der Waals surface area contributed by atoms with E-state index in [-0.39, 0.29) is 44.1 Å². The van der Waals surface area contributed by atoms with Gasteiger partial charge in [0.05, 0.1) is 24.0 Å².